The van der Waals surface area contributed by atoms with Crippen molar-refractivity contribution >= 4 is 17.6 Å². The molecule has 0 aromatic heterocycles. The van der Waals surface area contributed by atoms with Gasteiger partial charge in [0.25, 0.3) is 0 Å². The lowest BCUT2D eigenvalue weighted by Crippen LogP contribution is -2.62. The van der Waals surface area contributed by atoms with Crippen molar-refractivity contribution in [2.75, 3.05) is 39.3 Å². The van der Waals surface area contributed by atoms with E-state index in [2.05, 4.69) is 5.32 Å². The topological polar surface area (TPSA) is 111 Å². The number of carbonyl (C=O) groups is 1. The third-order valence-electron chi connectivity index (χ3n) is 2.95. The Morgan fingerprint density at radius 2 is 2.15 bits per heavy atom. The van der Waals surface area contributed by atoms with E-state index in [1.54, 1.807) is 0 Å². The number of urea groups is 1. The maximum atomic E-state index is 12.0. The number of nitrogens with one attached hydrogen (secondary N) is 1. The van der Waals surface area contributed by atoms with Gasteiger partial charge in [0, 0.05) is 26.1 Å². The van der Waals surface area contributed by atoms with Crippen LogP contribution in [-0.4, -0.2) is 90.1 Å². The number of methoxy groups -OCH3 is 1. The molecule has 0 aromatic rings. The summed E-state index contributed by atoms with van der Waals surface area (Å²) < 4.78 is 10.2. The number of hydrogen-bond acceptors (Lipinski definition) is 6. The lowest BCUT2D eigenvalue weighted by molar-refractivity contribution is -0.220. The third-order valence-corrected chi connectivity index (χ3v) is 3.14. The van der Waals surface area contributed by atoms with Gasteiger partial charge in [0.15, 0.2) is 6.23 Å². The molecule has 8 nitrogen and oxygen atoms in total. The van der Waals surface area contributed by atoms with Gasteiger partial charge in [-0.3, -0.25) is 4.90 Å². The molecule has 0 spiro atoms. The van der Waals surface area contributed by atoms with Crippen LogP contribution in [0.3, 0.4) is 0 Å². The van der Waals surface area contributed by atoms with Gasteiger partial charge in [-0.15, -0.1) is 11.6 Å². The molecule has 0 bridgehead atoms. The lowest BCUT2D eigenvalue weighted by Gasteiger charge is -2.41. The number of rotatable bonds is 6. The van der Waals surface area contributed by atoms with Gasteiger partial charge in [0.1, 0.15) is 18.3 Å². The standard InChI is InChI=1S/C11H21ClN2O6/c1-19-5-4-14(11(18)13-3-2-12)10-9(17)8(16)7(15)6-20-10/h7-10,15-17H,2-6H2,1H3,(H,13,18)/t7-,8+,9-,10-/m1/s1. The molecular weight excluding hydrogens is 292 g/mol. The maximum Gasteiger partial charge on any atom is 0.319 e. The normalized spacial score (nSPS) is 30.1. The monoisotopic (exact) mass is 312 g/mol. The van der Waals surface area contributed by atoms with Gasteiger partial charge in [-0.25, -0.2) is 4.79 Å². The molecule has 9 heteroatoms. The zero-order valence-electron chi connectivity index (χ0n) is 11.2. The number of halogens is 1. The van der Waals surface area contributed by atoms with Crippen LogP contribution in [0.25, 0.3) is 0 Å². The Hall–Kier alpha value is -0.640. The molecule has 0 saturated carbocycles. The van der Waals surface area contributed by atoms with E-state index in [0.717, 1.165) is 0 Å². The molecule has 4 atom stereocenters. The first-order chi connectivity index (χ1) is 9.52. The van der Waals surface area contributed by atoms with E-state index in [1.165, 1.54) is 12.0 Å². The van der Waals surface area contributed by atoms with Gasteiger partial charge in [0.05, 0.1) is 13.2 Å². The number of carbonyl (C=O) groups excluding carboxylic acids is 1. The smallest absolute Gasteiger partial charge is 0.319 e. The third kappa shape index (κ3) is 4.44. The highest BCUT2D eigenvalue weighted by Crippen LogP contribution is 2.19. The van der Waals surface area contributed by atoms with Crippen LogP contribution in [0.4, 0.5) is 4.79 Å². The summed E-state index contributed by atoms with van der Waals surface area (Å²) in [6, 6.07) is -0.490. The van der Waals surface area contributed by atoms with Gasteiger partial charge >= 0.3 is 6.03 Å². The minimum Gasteiger partial charge on any atom is -0.388 e. The molecule has 0 aliphatic carbocycles. The van der Waals surface area contributed by atoms with Crippen LogP contribution in [-0.2, 0) is 9.47 Å². The minimum atomic E-state index is -1.41. The van der Waals surface area contributed by atoms with Crippen molar-refractivity contribution in [3.05, 3.63) is 0 Å². The lowest BCUT2D eigenvalue weighted by atomic mass is 10.0. The molecule has 0 radical (unpaired) electrons. The second-order valence-corrected chi connectivity index (χ2v) is 4.76. The van der Waals surface area contributed by atoms with E-state index in [-0.39, 0.29) is 32.2 Å². The summed E-state index contributed by atoms with van der Waals surface area (Å²) in [5.74, 6) is 0.249. The molecule has 1 fully saturated rings. The fourth-order valence-corrected chi connectivity index (χ4v) is 1.95. The molecule has 1 aliphatic heterocycles. The second-order valence-electron chi connectivity index (χ2n) is 4.38. The molecule has 1 aliphatic rings. The van der Waals surface area contributed by atoms with Gasteiger partial charge in [-0.2, -0.15) is 0 Å². The van der Waals surface area contributed by atoms with Crippen LogP contribution in [0, 0.1) is 0 Å². The number of ether oxygens (including phenoxy) is 2. The van der Waals surface area contributed by atoms with Gasteiger partial charge in [-0.1, -0.05) is 0 Å². The molecule has 4 N–H and O–H groups in total. The number of nitrogens with zero attached hydrogens (tertiary/aromatic N) is 1. The van der Waals surface area contributed by atoms with Crippen LogP contribution in [0.1, 0.15) is 0 Å². The van der Waals surface area contributed by atoms with Gasteiger partial charge < -0.3 is 30.1 Å². The molecular formula is C11H21ClN2O6. The Balaban J connectivity index is 2.73. The first-order valence-corrected chi connectivity index (χ1v) is 6.81. The highest BCUT2D eigenvalue weighted by molar-refractivity contribution is 6.18. The van der Waals surface area contributed by atoms with Crippen molar-refractivity contribution in [3.8, 4) is 0 Å². The fourth-order valence-electron chi connectivity index (χ4n) is 1.85. The zero-order chi connectivity index (χ0) is 15.1. The van der Waals surface area contributed by atoms with Gasteiger partial charge in [-0.05, 0) is 0 Å². The second kappa shape index (κ2) is 8.60. The van der Waals surface area contributed by atoms with E-state index < -0.39 is 30.6 Å². The van der Waals surface area contributed by atoms with E-state index in [1.807, 2.05) is 0 Å². The number of aliphatic hydroxyl groups is 3. The highest BCUT2D eigenvalue weighted by atomic mass is 35.5. The van der Waals surface area contributed by atoms with Crippen molar-refractivity contribution < 1.29 is 29.6 Å². The first kappa shape index (κ1) is 17.4. The molecule has 0 aromatic carbocycles. The number of aliphatic hydroxyl groups excluding tert-OH is 3. The summed E-state index contributed by atoms with van der Waals surface area (Å²) in [7, 11) is 1.48. The summed E-state index contributed by atoms with van der Waals surface area (Å²) >= 11 is 5.50. The molecule has 1 saturated heterocycles. The number of alkyl halides is 1. The Kier molecular flexibility index (Phi) is 7.49. The van der Waals surface area contributed by atoms with E-state index in [0.29, 0.717) is 0 Å². The van der Waals surface area contributed by atoms with Crippen LogP contribution in [0.5, 0.6) is 0 Å². The van der Waals surface area contributed by atoms with E-state index in [9.17, 15) is 20.1 Å². The largest absolute Gasteiger partial charge is 0.388 e. The molecule has 118 valence electrons. The molecule has 0 unspecified atom stereocenters. The Labute approximate surface area is 122 Å². The number of amides is 2. The molecule has 20 heavy (non-hydrogen) atoms. The van der Waals surface area contributed by atoms with Crippen LogP contribution >= 0.6 is 11.6 Å². The predicted octanol–water partition coefficient (Wildman–Crippen LogP) is -1.68. The maximum absolute atomic E-state index is 12.0. The van der Waals surface area contributed by atoms with Crippen molar-refractivity contribution in [2.45, 2.75) is 24.5 Å². The minimum absolute atomic E-state index is 0.162. The zero-order valence-corrected chi connectivity index (χ0v) is 12.0. The summed E-state index contributed by atoms with van der Waals surface area (Å²) in [6.45, 7) is 0.488. The molecule has 1 rings (SSSR count). The van der Waals surface area contributed by atoms with Gasteiger partial charge in [0.2, 0.25) is 0 Å². The number of hydrogen-bond donors (Lipinski definition) is 4. The van der Waals surface area contributed by atoms with Crippen molar-refractivity contribution in [1.82, 2.24) is 10.2 Å². The average molecular weight is 313 g/mol. The first-order valence-electron chi connectivity index (χ1n) is 6.28. The summed E-state index contributed by atoms with van der Waals surface area (Å²) in [5, 5.41) is 31.5. The van der Waals surface area contributed by atoms with E-state index in [4.69, 9.17) is 21.1 Å². The van der Waals surface area contributed by atoms with Crippen molar-refractivity contribution in [3.63, 3.8) is 0 Å². The van der Waals surface area contributed by atoms with Crippen LogP contribution < -0.4 is 5.32 Å². The Morgan fingerprint density at radius 3 is 2.75 bits per heavy atom. The van der Waals surface area contributed by atoms with E-state index >= 15 is 0 Å². The Bertz CT molecular complexity index is 309. The summed E-state index contributed by atoms with van der Waals surface area (Å²) in [4.78, 5) is 13.2. The van der Waals surface area contributed by atoms with Crippen LogP contribution in [0.15, 0.2) is 0 Å². The Morgan fingerprint density at radius 1 is 1.45 bits per heavy atom. The fraction of sp³-hybridized carbons (Fsp3) is 0.909. The quantitative estimate of drug-likeness (QED) is 0.436. The SMILES string of the molecule is COCCN(C(=O)NCCCl)[C@@H]1OC[C@@H](O)[C@H](O)[C@H]1O. The van der Waals surface area contributed by atoms with Crippen LogP contribution in [0.2, 0.25) is 0 Å². The highest BCUT2D eigenvalue weighted by Gasteiger charge is 2.42. The molecule has 2 amide bonds. The van der Waals surface area contributed by atoms with Crippen molar-refractivity contribution in [1.29, 1.82) is 0 Å². The van der Waals surface area contributed by atoms with Crippen molar-refractivity contribution in [2.24, 2.45) is 0 Å². The summed E-state index contributed by atoms with van der Waals surface area (Å²) in [5.41, 5.74) is 0. The predicted molar refractivity (Wildman–Crippen MR) is 70.5 cm³/mol. The average Bonchev–Trinajstić information content (AvgIpc) is 2.44. The summed E-state index contributed by atoms with van der Waals surface area (Å²) in [6.07, 6.45) is -5.02. The molecule has 1 heterocycles.